The van der Waals surface area contributed by atoms with Gasteiger partial charge >= 0.3 is 5.97 Å². The molecule has 7 nitrogen and oxygen atoms in total. The van der Waals surface area contributed by atoms with Crippen LogP contribution in [0.5, 0.6) is 5.75 Å². The molecule has 24 heavy (non-hydrogen) atoms. The Labute approximate surface area is 138 Å². The summed E-state index contributed by atoms with van der Waals surface area (Å²) in [7, 11) is 1.50. The van der Waals surface area contributed by atoms with E-state index >= 15 is 0 Å². The van der Waals surface area contributed by atoms with E-state index in [2.05, 4.69) is 10.3 Å². The highest BCUT2D eigenvalue weighted by molar-refractivity contribution is 6.06. The summed E-state index contributed by atoms with van der Waals surface area (Å²) >= 11 is 0. The Hall–Kier alpha value is -3.09. The summed E-state index contributed by atoms with van der Waals surface area (Å²) in [6.07, 6.45) is 0. The van der Waals surface area contributed by atoms with E-state index in [1.165, 1.54) is 13.2 Å². The van der Waals surface area contributed by atoms with Crippen molar-refractivity contribution in [3.63, 3.8) is 0 Å². The molecule has 2 N–H and O–H groups in total. The summed E-state index contributed by atoms with van der Waals surface area (Å²) in [6.45, 7) is 3.35. The van der Waals surface area contributed by atoms with Crippen LogP contribution in [-0.2, 0) is 4.74 Å². The Morgan fingerprint density at radius 3 is 2.58 bits per heavy atom. The first-order valence-electron chi connectivity index (χ1n) is 7.33. The molecule has 1 heterocycles. The van der Waals surface area contributed by atoms with Crippen LogP contribution in [0, 0.1) is 6.92 Å². The van der Waals surface area contributed by atoms with Crippen molar-refractivity contribution in [2.45, 2.75) is 13.8 Å². The summed E-state index contributed by atoms with van der Waals surface area (Å²) in [5, 5.41) is 2.70. The first-order chi connectivity index (χ1) is 11.5. The molecule has 0 saturated carbocycles. The number of anilines is 1. The lowest BCUT2D eigenvalue weighted by Crippen LogP contribution is -2.24. The molecule has 126 valence electrons. The van der Waals surface area contributed by atoms with E-state index in [0.717, 1.165) is 0 Å². The highest BCUT2D eigenvalue weighted by Crippen LogP contribution is 2.24. The molecule has 0 spiro atoms. The molecule has 1 amide bonds. The molecule has 1 aromatic heterocycles. The largest absolute Gasteiger partial charge is 0.495 e. The van der Waals surface area contributed by atoms with Gasteiger partial charge in [0.05, 0.1) is 25.0 Å². The molecule has 2 rings (SSSR count). The average Bonchev–Trinajstić information content (AvgIpc) is 2.55. The number of methoxy groups -OCH3 is 1. The smallest absolute Gasteiger partial charge is 0.343 e. The third-order valence-electron chi connectivity index (χ3n) is 3.33. The Balaban J connectivity index is 2.37. The summed E-state index contributed by atoms with van der Waals surface area (Å²) in [6, 6.07) is 8.15. The van der Waals surface area contributed by atoms with Gasteiger partial charge in [-0.3, -0.25) is 9.59 Å². The fourth-order valence-electron chi connectivity index (χ4n) is 2.16. The molecular weight excluding hydrogens is 312 g/mol. The minimum atomic E-state index is -0.773. The van der Waals surface area contributed by atoms with Crippen LogP contribution >= 0.6 is 0 Å². The van der Waals surface area contributed by atoms with Crippen molar-refractivity contribution in [1.82, 2.24) is 4.98 Å². The van der Waals surface area contributed by atoms with E-state index in [-0.39, 0.29) is 17.7 Å². The molecule has 0 aliphatic carbocycles. The second kappa shape index (κ2) is 7.45. The number of aromatic amines is 1. The Morgan fingerprint density at radius 2 is 1.92 bits per heavy atom. The van der Waals surface area contributed by atoms with Gasteiger partial charge in [0.25, 0.3) is 11.5 Å². The number of benzene rings is 1. The number of amides is 1. The zero-order valence-corrected chi connectivity index (χ0v) is 13.6. The van der Waals surface area contributed by atoms with Gasteiger partial charge in [0.2, 0.25) is 0 Å². The number of pyridine rings is 1. The van der Waals surface area contributed by atoms with Crippen LogP contribution in [-0.4, -0.2) is 30.6 Å². The van der Waals surface area contributed by atoms with Gasteiger partial charge in [0.15, 0.2) is 0 Å². The van der Waals surface area contributed by atoms with Gasteiger partial charge in [-0.15, -0.1) is 0 Å². The summed E-state index contributed by atoms with van der Waals surface area (Å²) in [5.74, 6) is -0.748. The quantitative estimate of drug-likeness (QED) is 0.818. The van der Waals surface area contributed by atoms with E-state index in [0.29, 0.717) is 17.1 Å². The Morgan fingerprint density at radius 1 is 1.21 bits per heavy atom. The number of esters is 1. The summed E-state index contributed by atoms with van der Waals surface area (Å²) in [5.41, 5.74) is 0.185. The number of para-hydroxylation sites is 2. The van der Waals surface area contributed by atoms with Gasteiger partial charge in [-0.2, -0.15) is 0 Å². The monoisotopic (exact) mass is 330 g/mol. The molecule has 2 aromatic rings. The zero-order chi connectivity index (χ0) is 17.7. The zero-order valence-electron chi connectivity index (χ0n) is 13.6. The molecule has 0 aliphatic heterocycles. The van der Waals surface area contributed by atoms with Crippen molar-refractivity contribution in [1.29, 1.82) is 0 Å². The third kappa shape index (κ3) is 3.62. The lowest BCUT2D eigenvalue weighted by Gasteiger charge is -2.11. The first kappa shape index (κ1) is 17.3. The van der Waals surface area contributed by atoms with Crippen molar-refractivity contribution in [2.75, 3.05) is 19.0 Å². The van der Waals surface area contributed by atoms with Crippen LogP contribution in [0.3, 0.4) is 0 Å². The highest BCUT2D eigenvalue weighted by Gasteiger charge is 2.19. The second-order valence-corrected chi connectivity index (χ2v) is 4.93. The summed E-state index contributed by atoms with van der Waals surface area (Å²) in [4.78, 5) is 38.7. The predicted octanol–water partition coefficient (Wildman–Crippen LogP) is 2.12. The maximum absolute atomic E-state index is 12.5. The predicted molar refractivity (Wildman–Crippen MR) is 88.7 cm³/mol. The molecule has 1 aromatic carbocycles. The molecule has 7 heteroatoms. The topological polar surface area (TPSA) is 97.5 Å². The van der Waals surface area contributed by atoms with Crippen molar-refractivity contribution >= 4 is 17.6 Å². The molecule has 0 aliphatic rings. The molecule has 0 radical (unpaired) electrons. The van der Waals surface area contributed by atoms with Gasteiger partial charge in [0, 0.05) is 5.69 Å². The number of carbonyl (C=O) groups excluding carboxylic acids is 2. The van der Waals surface area contributed by atoms with Crippen LogP contribution in [0.2, 0.25) is 0 Å². The first-order valence-corrected chi connectivity index (χ1v) is 7.33. The van der Waals surface area contributed by atoms with Gasteiger partial charge < -0.3 is 19.8 Å². The third-order valence-corrected chi connectivity index (χ3v) is 3.33. The minimum absolute atomic E-state index is 0.134. The Kier molecular flexibility index (Phi) is 5.36. The van der Waals surface area contributed by atoms with E-state index in [9.17, 15) is 14.4 Å². The SMILES string of the molecule is CCOC(=O)c1cc(C(=O)Nc2ccccc2OC)c(C)[nH]c1=O. The number of aryl methyl sites for hydroxylation is 1. The molecular formula is C17H18N2O5. The van der Waals surface area contributed by atoms with Crippen molar-refractivity contribution in [3.05, 3.63) is 57.5 Å². The standard InChI is InChI=1S/C17H18N2O5/c1-4-24-17(22)12-9-11(10(2)18-16(12)21)15(20)19-13-7-5-6-8-14(13)23-3/h5-9H,4H2,1-3H3,(H,18,21)(H,19,20). The fraction of sp³-hybridized carbons (Fsp3) is 0.235. The number of carbonyl (C=O) groups is 2. The molecule has 0 saturated heterocycles. The maximum atomic E-state index is 12.5. The molecule has 0 fully saturated rings. The number of nitrogens with one attached hydrogen (secondary N) is 2. The van der Waals surface area contributed by atoms with Crippen molar-refractivity contribution in [2.24, 2.45) is 0 Å². The lowest BCUT2D eigenvalue weighted by molar-refractivity contribution is 0.0524. The minimum Gasteiger partial charge on any atom is -0.495 e. The maximum Gasteiger partial charge on any atom is 0.343 e. The van der Waals surface area contributed by atoms with Gasteiger partial charge in [-0.1, -0.05) is 12.1 Å². The second-order valence-electron chi connectivity index (χ2n) is 4.93. The summed E-state index contributed by atoms with van der Waals surface area (Å²) < 4.78 is 10.0. The van der Waals surface area contributed by atoms with Gasteiger partial charge in [0.1, 0.15) is 11.3 Å². The molecule has 0 bridgehead atoms. The average molecular weight is 330 g/mol. The fourth-order valence-corrected chi connectivity index (χ4v) is 2.16. The van der Waals surface area contributed by atoms with Crippen LogP contribution in [0.4, 0.5) is 5.69 Å². The van der Waals surface area contributed by atoms with E-state index in [4.69, 9.17) is 9.47 Å². The number of H-pyrrole nitrogens is 1. The van der Waals surface area contributed by atoms with Crippen LogP contribution < -0.4 is 15.6 Å². The number of aromatic nitrogens is 1. The van der Waals surface area contributed by atoms with Crippen molar-refractivity contribution in [3.8, 4) is 5.75 Å². The van der Waals surface area contributed by atoms with Crippen LogP contribution in [0.15, 0.2) is 35.1 Å². The van der Waals surface area contributed by atoms with E-state index in [1.54, 1.807) is 38.1 Å². The molecule has 0 unspecified atom stereocenters. The van der Waals surface area contributed by atoms with Crippen LogP contribution in [0.1, 0.15) is 33.3 Å². The number of ether oxygens (including phenoxy) is 2. The van der Waals surface area contributed by atoms with Gasteiger partial charge in [-0.25, -0.2) is 4.79 Å². The number of hydrogen-bond acceptors (Lipinski definition) is 5. The van der Waals surface area contributed by atoms with E-state index < -0.39 is 17.4 Å². The van der Waals surface area contributed by atoms with Gasteiger partial charge in [-0.05, 0) is 32.0 Å². The normalized spacial score (nSPS) is 10.1. The highest BCUT2D eigenvalue weighted by atomic mass is 16.5. The number of hydrogen-bond donors (Lipinski definition) is 2. The lowest BCUT2D eigenvalue weighted by atomic mass is 10.1. The molecule has 0 atom stereocenters. The van der Waals surface area contributed by atoms with Crippen molar-refractivity contribution < 1.29 is 19.1 Å². The van der Waals surface area contributed by atoms with Crippen LogP contribution in [0.25, 0.3) is 0 Å². The number of rotatable bonds is 5. The Bertz CT molecular complexity index is 826. The van der Waals surface area contributed by atoms with E-state index in [1.807, 2.05) is 0 Å².